The molecule has 1 N–H and O–H groups in total. The fourth-order valence-electron chi connectivity index (χ4n) is 5.92. The van der Waals surface area contributed by atoms with E-state index in [-0.39, 0.29) is 5.92 Å². The number of likely N-dealkylation sites (tertiary alicyclic amines) is 1. The van der Waals surface area contributed by atoms with Crippen molar-refractivity contribution in [2.24, 2.45) is 11.3 Å². The number of aromatic amines is 1. The van der Waals surface area contributed by atoms with Crippen LogP contribution in [0.25, 0.3) is 27.6 Å². The van der Waals surface area contributed by atoms with Crippen LogP contribution in [0.1, 0.15) is 44.9 Å². The van der Waals surface area contributed by atoms with Gasteiger partial charge in [-0.15, -0.1) is 0 Å². The van der Waals surface area contributed by atoms with Crippen molar-refractivity contribution in [1.29, 1.82) is 0 Å². The molecule has 0 radical (unpaired) electrons. The van der Waals surface area contributed by atoms with E-state index in [0.29, 0.717) is 16.8 Å². The highest BCUT2D eigenvalue weighted by atomic mass is 32.1. The summed E-state index contributed by atoms with van der Waals surface area (Å²) in [5.74, 6) is 1.67. The van der Waals surface area contributed by atoms with E-state index in [9.17, 15) is 0 Å². The fourth-order valence-corrected chi connectivity index (χ4v) is 6.99. The van der Waals surface area contributed by atoms with Gasteiger partial charge >= 0.3 is 0 Å². The standard InChI is InChI=1S/C26H34N8OS/c1-15(2)8-32-10-26(11-32)12-33(13-26)25-17(5)29-24(36-25)22-20(16(3)4)21(30-31-22)18-7-19(35-6)23-27-14-28-34(23)9-18/h7,9,14-16H,8,10-13H2,1-6H3,(H,30,31). The quantitative estimate of drug-likeness (QED) is 0.396. The largest absolute Gasteiger partial charge is 0.493 e. The number of hydrogen-bond acceptors (Lipinski definition) is 8. The van der Waals surface area contributed by atoms with Gasteiger partial charge in [-0.25, -0.2) is 14.5 Å². The van der Waals surface area contributed by atoms with Crippen LogP contribution in [-0.2, 0) is 0 Å². The van der Waals surface area contributed by atoms with E-state index in [0.717, 1.165) is 52.2 Å². The molecule has 2 aliphatic rings. The van der Waals surface area contributed by atoms with Gasteiger partial charge in [0.25, 0.3) is 0 Å². The molecular weight excluding hydrogens is 472 g/mol. The topological polar surface area (TPSA) is 87.5 Å². The number of ether oxygens (including phenoxy) is 1. The van der Waals surface area contributed by atoms with E-state index in [1.807, 2.05) is 12.3 Å². The summed E-state index contributed by atoms with van der Waals surface area (Å²) in [6.07, 6.45) is 3.50. The number of nitrogens with zero attached hydrogens (tertiary/aromatic N) is 7. The average Bonchev–Trinajstić information content (AvgIpc) is 3.51. The summed E-state index contributed by atoms with van der Waals surface area (Å²) >= 11 is 1.76. The van der Waals surface area contributed by atoms with Gasteiger partial charge in [0.2, 0.25) is 0 Å². The zero-order valence-corrected chi connectivity index (χ0v) is 22.7. The van der Waals surface area contributed by atoms with Crippen molar-refractivity contribution >= 4 is 22.0 Å². The number of aromatic nitrogens is 6. The number of pyridine rings is 1. The molecule has 0 amide bonds. The Morgan fingerprint density at radius 3 is 2.64 bits per heavy atom. The second-order valence-electron chi connectivity index (χ2n) is 11.2. The first-order valence-electron chi connectivity index (χ1n) is 12.7. The second kappa shape index (κ2) is 8.55. The molecule has 2 saturated heterocycles. The van der Waals surface area contributed by atoms with Crippen LogP contribution in [0.5, 0.6) is 5.75 Å². The Labute approximate surface area is 215 Å². The van der Waals surface area contributed by atoms with E-state index in [1.54, 1.807) is 23.0 Å². The summed E-state index contributed by atoms with van der Waals surface area (Å²) in [6, 6.07) is 1.99. The summed E-state index contributed by atoms with van der Waals surface area (Å²) in [4.78, 5) is 14.4. The van der Waals surface area contributed by atoms with Gasteiger partial charge in [0.05, 0.1) is 18.5 Å². The van der Waals surface area contributed by atoms with Crippen molar-refractivity contribution < 1.29 is 4.74 Å². The zero-order chi connectivity index (χ0) is 25.2. The van der Waals surface area contributed by atoms with Gasteiger partial charge in [-0.1, -0.05) is 39.0 Å². The van der Waals surface area contributed by atoms with E-state index >= 15 is 0 Å². The monoisotopic (exact) mass is 506 g/mol. The lowest BCUT2D eigenvalue weighted by molar-refractivity contribution is -0.0277. The smallest absolute Gasteiger partial charge is 0.197 e. The molecule has 36 heavy (non-hydrogen) atoms. The van der Waals surface area contributed by atoms with Crippen LogP contribution < -0.4 is 9.64 Å². The summed E-state index contributed by atoms with van der Waals surface area (Å²) < 4.78 is 7.33. The predicted octanol–water partition coefficient (Wildman–Crippen LogP) is 4.46. The van der Waals surface area contributed by atoms with Crippen LogP contribution >= 0.6 is 11.3 Å². The summed E-state index contributed by atoms with van der Waals surface area (Å²) in [5.41, 5.74) is 6.27. The van der Waals surface area contributed by atoms with Gasteiger partial charge < -0.3 is 14.5 Å². The molecule has 9 nitrogen and oxygen atoms in total. The van der Waals surface area contributed by atoms with Crippen LogP contribution in [0.3, 0.4) is 0 Å². The summed E-state index contributed by atoms with van der Waals surface area (Å²) in [6.45, 7) is 17.0. The molecule has 190 valence electrons. The molecule has 6 rings (SSSR count). The van der Waals surface area contributed by atoms with Crippen LogP contribution in [-0.4, -0.2) is 74.5 Å². The van der Waals surface area contributed by atoms with Gasteiger partial charge in [-0.05, 0) is 24.8 Å². The number of fused-ring (bicyclic) bond motifs is 1. The summed E-state index contributed by atoms with van der Waals surface area (Å²) in [5, 5.41) is 14.6. The van der Waals surface area contributed by atoms with Crippen LogP contribution in [0.15, 0.2) is 18.6 Å². The van der Waals surface area contributed by atoms with Gasteiger partial charge in [0.15, 0.2) is 11.4 Å². The number of anilines is 1. The van der Waals surface area contributed by atoms with E-state index < -0.39 is 0 Å². The molecule has 0 bridgehead atoms. The average molecular weight is 507 g/mol. The molecule has 4 aromatic heterocycles. The first-order chi connectivity index (χ1) is 17.3. The fraction of sp³-hybridized carbons (Fsp3) is 0.538. The normalized spacial score (nSPS) is 17.4. The lowest BCUT2D eigenvalue weighted by Gasteiger charge is -2.61. The van der Waals surface area contributed by atoms with Gasteiger partial charge in [-0.3, -0.25) is 5.10 Å². The van der Waals surface area contributed by atoms with Crippen LogP contribution in [0, 0.1) is 18.3 Å². The molecule has 10 heteroatoms. The lowest BCUT2D eigenvalue weighted by Crippen LogP contribution is -2.72. The molecule has 0 saturated carbocycles. The SMILES string of the molecule is COc1cc(-c2[nH]nc(-c3nc(C)c(N4CC5(CN(CC(C)C)C5)C4)s3)c2C(C)C)cn2ncnc12. The molecule has 6 heterocycles. The molecule has 0 unspecified atom stereocenters. The number of nitrogens with one attached hydrogen (secondary N) is 1. The Hall–Kier alpha value is -2.98. The first-order valence-corrected chi connectivity index (χ1v) is 13.5. The summed E-state index contributed by atoms with van der Waals surface area (Å²) in [7, 11) is 1.65. The van der Waals surface area contributed by atoms with E-state index in [2.05, 4.69) is 59.6 Å². The van der Waals surface area contributed by atoms with Crippen molar-refractivity contribution in [3.8, 4) is 27.7 Å². The number of aryl methyl sites for hydroxylation is 1. The van der Waals surface area contributed by atoms with Gasteiger partial charge in [-0.2, -0.15) is 10.2 Å². The Bertz CT molecular complexity index is 1400. The highest BCUT2D eigenvalue weighted by Crippen LogP contribution is 2.47. The molecule has 1 spiro atoms. The second-order valence-corrected chi connectivity index (χ2v) is 12.1. The minimum Gasteiger partial charge on any atom is -0.493 e. The zero-order valence-electron chi connectivity index (χ0n) is 21.9. The maximum Gasteiger partial charge on any atom is 0.197 e. The molecule has 4 aromatic rings. The van der Waals surface area contributed by atoms with E-state index in [1.165, 1.54) is 31.0 Å². The molecule has 2 fully saturated rings. The van der Waals surface area contributed by atoms with Crippen molar-refractivity contribution in [3.05, 3.63) is 29.8 Å². The number of hydrogen-bond donors (Lipinski definition) is 1. The first kappa shape index (κ1) is 23.4. The van der Waals surface area contributed by atoms with Crippen molar-refractivity contribution in [2.75, 3.05) is 44.7 Å². The van der Waals surface area contributed by atoms with Gasteiger partial charge in [0, 0.05) is 55.5 Å². The highest BCUT2D eigenvalue weighted by molar-refractivity contribution is 7.19. The van der Waals surface area contributed by atoms with Crippen molar-refractivity contribution in [2.45, 2.75) is 40.5 Å². The lowest BCUT2D eigenvalue weighted by atomic mass is 9.72. The third kappa shape index (κ3) is 3.78. The third-order valence-corrected chi connectivity index (χ3v) is 8.51. The number of methoxy groups -OCH3 is 1. The molecule has 2 aliphatic heterocycles. The highest BCUT2D eigenvalue weighted by Gasteiger charge is 2.52. The third-order valence-electron chi connectivity index (χ3n) is 7.29. The van der Waals surface area contributed by atoms with Crippen LogP contribution in [0.4, 0.5) is 5.00 Å². The number of thiazole rings is 1. The Balaban J connectivity index is 1.28. The molecule has 0 atom stereocenters. The van der Waals surface area contributed by atoms with Crippen molar-refractivity contribution in [3.63, 3.8) is 0 Å². The molecule has 0 aromatic carbocycles. The molecule has 0 aliphatic carbocycles. The number of rotatable bonds is 7. The molecular formula is C26H34N8OS. The minimum atomic E-state index is 0.257. The Morgan fingerprint density at radius 1 is 1.17 bits per heavy atom. The van der Waals surface area contributed by atoms with Crippen molar-refractivity contribution in [1.82, 2.24) is 34.7 Å². The van der Waals surface area contributed by atoms with E-state index in [4.69, 9.17) is 14.8 Å². The van der Waals surface area contributed by atoms with Crippen LogP contribution in [0.2, 0.25) is 0 Å². The minimum absolute atomic E-state index is 0.257. The maximum atomic E-state index is 5.58. The van der Waals surface area contributed by atoms with Gasteiger partial charge in [0.1, 0.15) is 22.0 Å². The number of H-pyrrole nitrogens is 1. The Morgan fingerprint density at radius 2 is 1.94 bits per heavy atom. The Kier molecular flexibility index (Phi) is 5.56. The maximum absolute atomic E-state index is 5.58. The predicted molar refractivity (Wildman–Crippen MR) is 143 cm³/mol.